The maximum absolute atomic E-state index is 12.0. The number of carbonyl (C=O) groups is 2. The predicted molar refractivity (Wildman–Crippen MR) is 68.8 cm³/mol. The van der Waals surface area contributed by atoms with Gasteiger partial charge in [-0.15, -0.1) is 0 Å². The summed E-state index contributed by atoms with van der Waals surface area (Å²) in [5.74, 6) is -0.518. The number of anilines is 1. The lowest BCUT2D eigenvalue weighted by Gasteiger charge is -2.07. The van der Waals surface area contributed by atoms with Crippen molar-refractivity contribution < 1.29 is 9.59 Å². The summed E-state index contributed by atoms with van der Waals surface area (Å²) >= 11 is 0. The van der Waals surface area contributed by atoms with Crippen LogP contribution < -0.4 is 10.8 Å². The highest BCUT2D eigenvalue weighted by Crippen LogP contribution is 2.06. The van der Waals surface area contributed by atoms with Crippen molar-refractivity contribution in [3.63, 3.8) is 0 Å². The maximum Gasteiger partial charge on any atom is 0.278 e. The van der Waals surface area contributed by atoms with Gasteiger partial charge in [-0.1, -0.05) is 18.2 Å². The van der Waals surface area contributed by atoms with Crippen molar-refractivity contribution in [2.75, 3.05) is 5.32 Å². The molecule has 0 bridgehead atoms. The topological polar surface area (TPSA) is 87.8 Å². The predicted octanol–water partition coefficient (Wildman–Crippen LogP) is 0.964. The van der Waals surface area contributed by atoms with E-state index in [9.17, 15) is 9.59 Å². The molecule has 1 heterocycles. The van der Waals surface area contributed by atoms with Gasteiger partial charge in [-0.3, -0.25) is 15.0 Å². The Morgan fingerprint density at radius 1 is 1.37 bits per heavy atom. The summed E-state index contributed by atoms with van der Waals surface area (Å²) < 4.78 is 1.37. The molecule has 0 unspecified atom stereocenters. The number of nitrogens with one attached hydrogen (secondary N) is 2. The van der Waals surface area contributed by atoms with Crippen LogP contribution in [0, 0.1) is 5.41 Å². The average molecular weight is 256 g/mol. The number of amides is 1. The molecular weight excluding hydrogens is 244 g/mol. The Labute approximate surface area is 109 Å². The van der Waals surface area contributed by atoms with E-state index in [-0.39, 0.29) is 16.9 Å². The molecule has 0 aliphatic heterocycles. The van der Waals surface area contributed by atoms with Crippen LogP contribution in [0.3, 0.4) is 0 Å². The van der Waals surface area contributed by atoms with Crippen molar-refractivity contribution in [1.29, 1.82) is 5.41 Å². The van der Waals surface area contributed by atoms with Crippen LogP contribution in [0.15, 0.2) is 36.5 Å². The van der Waals surface area contributed by atoms with E-state index in [1.807, 2.05) is 6.07 Å². The van der Waals surface area contributed by atoms with Crippen LogP contribution in [-0.2, 0) is 7.05 Å². The van der Waals surface area contributed by atoms with E-state index in [1.54, 1.807) is 31.3 Å². The van der Waals surface area contributed by atoms with Crippen molar-refractivity contribution in [3.8, 4) is 0 Å². The molecule has 19 heavy (non-hydrogen) atoms. The van der Waals surface area contributed by atoms with E-state index in [4.69, 9.17) is 5.41 Å². The minimum atomic E-state index is -0.518. The third-order valence-corrected chi connectivity index (χ3v) is 2.51. The number of carbonyl (C=O) groups excluding carboxylic acids is 2. The summed E-state index contributed by atoms with van der Waals surface area (Å²) in [4.78, 5) is 26.6. The maximum atomic E-state index is 12.0. The second-order valence-electron chi connectivity index (χ2n) is 3.91. The lowest BCUT2D eigenvalue weighted by Crippen LogP contribution is -2.30. The summed E-state index contributed by atoms with van der Waals surface area (Å²) in [7, 11) is 1.58. The van der Waals surface area contributed by atoms with E-state index in [2.05, 4.69) is 10.3 Å². The Kier molecular flexibility index (Phi) is 3.51. The first-order chi connectivity index (χ1) is 9.11. The summed E-state index contributed by atoms with van der Waals surface area (Å²) in [6, 6.07) is 8.85. The van der Waals surface area contributed by atoms with E-state index >= 15 is 0 Å². The molecule has 0 saturated carbocycles. The Morgan fingerprint density at radius 3 is 2.68 bits per heavy atom. The number of aryl methyl sites for hydroxylation is 1. The quantitative estimate of drug-likeness (QED) is 0.802. The number of hydrogen-bond acceptors (Lipinski definition) is 4. The van der Waals surface area contributed by atoms with Gasteiger partial charge in [-0.05, 0) is 12.1 Å². The Hall–Kier alpha value is -2.76. The number of benzene rings is 1. The van der Waals surface area contributed by atoms with Crippen molar-refractivity contribution in [1.82, 2.24) is 9.55 Å². The second-order valence-corrected chi connectivity index (χ2v) is 3.91. The van der Waals surface area contributed by atoms with E-state index in [1.165, 1.54) is 10.8 Å². The molecule has 0 spiro atoms. The molecule has 2 rings (SSSR count). The van der Waals surface area contributed by atoms with Crippen molar-refractivity contribution in [2.24, 2.45) is 7.05 Å². The monoisotopic (exact) mass is 256 g/mol. The van der Waals surface area contributed by atoms with Gasteiger partial charge >= 0.3 is 0 Å². The summed E-state index contributed by atoms with van der Waals surface area (Å²) in [6.45, 7) is 0. The van der Waals surface area contributed by atoms with Gasteiger partial charge in [0.15, 0.2) is 17.5 Å². The normalized spacial score (nSPS) is 9.95. The van der Waals surface area contributed by atoms with Crippen LogP contribution >= 0.6 is 0 Å². The first-order valence-corrected chi connectivity index (χ1v) is 5.55. The zero-order valence-electron chi connectivity index (χ0n) is 10.3. The first-order valence-electron chi connectivity index (χ1n) is 5.55. The van der Waals surface area contributed by atoms with Gasteiger partial charge in [0.1, 0.15) is 5.69 Å². The molecule has 0 radical (unpaired) electrons. The highest BCUT2D eigenvalue weighted by molar-refractivity contribution is 6.02. The van der Waals surface area contributed by atoms with Crippen LogP contribution in [0.1, 0.15) is 21.0 Å². The second kappa shape index (κ2) is 5.26. The number of hydrogen-bond donors (Lipinski definition) is 2. The van der Waals surface area contributed by atoms with Crippen LogP contribution in [0.4, 0.5) is 5.69 Å². The van der Waals surface area contributed by atoms with Gasteiger partial charge in [-0.2, -0.15) is 0 Å². The fourth-order valence-corrected chi connectivity index (χ4v) is 1.57. The first kappa shape index (κ1) is 12.7. The third-order valence-electron chi connectivity index (χ3n) is 2.51. The van der Waals surface area contributed by atoms with Crippen LogP contribution in [0.2, 0.25) is 0 Å². The summed E-state index contributed by atoms with van der Waals surface area (Å²) in [5, 5.41) is 10.4. The average Bonchev–Trinajstić information content (AvgIpc) is 2.42. The van der Waals surface area contributed by atoms with Gasteiger partial charge in [-0.25, -0.2) is 4.98 Å². The molecule has 6 nitrogen and oxygen atoms in total. The van der Waals surface area contributed by atoms with Gasteiger partial charge in [0.25, 0.3) is 5.91 Å². The third kappa shape index (κ3) is 2.74. The molecular formula is C13H12N4O2. The molecule has 0 fully saturated rings. The number of aldehydes is 1. The molecule has 1 aromatic carbocycles. The van der Waals surface area contributed by atoms with Gasteiger partial charge < -0.3 is 9.88 Å². The molecule has 0 aliphatic rings. The molecule has 0 saturated heterocycles. The molecule has 6 heteroatoms. The number of rotatable bonds is 3. The molecule has 1 amide bonds. The minimum absolute atomic E-state index is 0.0565. The Bertz CT molecular complexity index is 677. The fourth-order valence-electron chi connectivity index (χ4n) is 1.57. The largest absolute Gasteiger partial charge is 0.332 e. The highest BCUT2D eigenvalue weighted by atomic mass is 16.2. The zero-order valence-corrected chi connectivity index (χ0v) is 10.3. The van der Waals surface area contributed by atoms with E-state index < -0.39 is 5.91 Å². The molecule has 2 N–H and O–H groups in total. The number of nitrogens with zero attached hydrogens (tertiary/aromatic N) is 2. The summed E-state index contributed by atoms with van der Waals surface area (Å²) in [6.07, 6.45) is 1.94. The highest BCUT2D eigenvalue weighted by Gasteiger charge is 2.13. The molecule has 0 aliphatic carbocycles. The number of aromatic nitrogens is 2. The van der Waals surface area contributed by atoms with E-state index in [0.717, 1.165) is 0 Å². The van der Waals surface area contributed by atoms with Crippen molar-refractivity contribution in [3.05, 3.63) is 53.4 Å². The molecule has 2 aromatic rings. The van der Waals surface area contributed by atoms with E-state index in [0.29, 0.717) is 12.0 Å². The van der Waals surface area contributed by atoms with Gasteiger partial charge in [0.05, 0.1) is 0 Å². The van der Waals surface area contributed by atoms with Crippen molar-refractivity contribution in [2.45, 2.75) is 0 Å². The standard InChI is InChI=1S/C13H12N4O2/c1-17-7-10(8-18)15-11(12(17)14)13(19)16-9-5-3-2-4-6-9/h2-8,14H,1H3,(H,16,19). The Balaban J connectivity index is 2.36. The lowest BCUT2D eigenvalue weighted by molar-refractivity contribution is 0.101. The van der Waals surface area contributed by atoms with Crippen LogP contribution in [-0.4, -0.2) is 21.7 Å². The molecule has 0 atom stereocenters. The SMILES string of the molecule is Cn1cc(C=O)nc(C(=O)Nc2ccccc2)c1=N. The summed E-state index contributed by atoms with van der Waals surface area (Å²) in [5.41, 5.74) is 0.569. The van der Waals surface area contributed by atoms with Crippen LogP contribution in [0.25, 0.3) is 0 Å². The van der Waals surface area contributed by atoms with Crippen molar-refractivity contribution >= 4 is 17.9 Å². The van der Waals surface area contributed by atoms with Gasteiger partial charge in [0, 0.05) is 18.9 Å². The zero-order chi connectivity index (χ0) is 13.8. The lowest BCUT2D eigenvalue weighted by atomic mass is 10.3. The Morgan fingerprint density at radius 2 is 2.05 bits per heavy atom. The number of para-hydroxylation sites is 1. The fraction of sp³-hybridized carbons (Fsp3) is 0.0769. The van der Waals surface area contributed by atoms with Crippen LogP contribution in [0.5, 0.6) is 0 Å². The van der Waals surface area contributed by atoms with Gasteiger partial charge in [0.2, 0.25) is 0 Å². The molecule has 1 aromatic heterocycles. The minimum Gasteiger partial charge on any atom is -0.332 e. The smallest absolute Gasteiger partial charge is 0.278 e. The molecule has 96 valence electrons.